The quantitative estimate of drug-likeness (QED) is 0.603. The molecule has 2 N–H and O–H groups in total. The number of ether oxygens (including phenoxy) is 2. The van der Waals surface area contributed by atoms with E-state index in [9.17, 15) is 0 Å². The maximum Gasteiger partial charge on any atom is 0.0916 e. The zero-order valence-corrected chi connectivity index (χ0v) is 11.8. The number of aliphatic hydroxyl groups is 2. The molecule has 19 heavy (non-hydrogen) atoms. The highest BCUT2D eigenvalue weighted by Crippen LogP contribution is 2.21. The van der Waals surface area contributed by atoms with Crippen LogP contribution >= 0.6 is 11.8 Å². The highest BCUT2D eigenvalue weighted by atomic mass is 32.2. The number of hydrogen-bond donors (Lipinski definition) is 2. The molecule has 0 heterocycles. The molecular formula is C14H22O4S. The lowest BCUT2D eigenvalue weighted by molar-refractivity contribution is 0.00503. The van der Waals surface area contributed by atoms with Crippen LogP contribution in [0, 0.1) is 0 Å². The Hall–Kier alpha value is -0.590. The fraction of sp³-hybridized carbons (Fsp3) is 0.571. The lowest BCUT2D eigenvalue weighted by Crippen LogP contribution is -2.13. The van der Waals surface area contributed by atoms with Crippen LogP contribution in [0.25, 0.3) is 0 Å². The molecule has 0 aliphatic rings. The van der Waals surface area contributed by atoms with E-state index >= 15 is 0 Å². The third-order valence-electron chi connectivity index (χ3n) is 2.46. The minimum Gasteiger partial charge on any atom is -0.396 e. The minimum atomic E-state index is 0.00970. The number of hydrogen-bond acceptors (Lipinski definition) is 5. The van der Waals surface area contributed by atoms with Crippen molar-refractivity contribution in [2.45, 2.75) is 6.10 Å². The summed E-state index contributed by atoms with van der Waals surface area (Å²) in [5.41, 5.74) is 1.13. The van der Waals surface area contributed by atoms with Crippen molar-refractivity contribution in [3.63, 3.8) is 0 Å². The van der Waals surface area contributed by atoms with Gasteiger partial charge in [0.25, 0.3) is 0 Å². The molecular weight excluding hydrogens is 264 g/mol. The summed E-state index contributed by atoms with van der Waals surface area (Å²) in [7, 11) is 0. The zero-order chi connectivity index (χ0) is 13.8. The highest BCUT2D eigenvalue weighted by Gasteiger charge is 2.11. The van der Waals surface area contributed by atoms with Gasteiger partial charge < -0.3 is 19.7 Å². The lowest BCUT2D eigenvalue weighted by atomic mass is 10.1. The van der Waals surface area contributed by atoms with E-state index in [0.717, 1.165) is 11.3 Å². The summed E-state index contributed by atoms with van der Waals surface area (Å²) in [6.45, 7) is 1.55. The van der Waals surface area contributed by atoms with Crippen LogP contribution in [0.1, 0.15) is 11.7 Å². The zero-order valence-electron chi connectivity index (χ0n) is 11.0. The molecule has 1 aromatic carbocycles. The third kappa shape index (κ3) is 7.54. The Morgan fingerprint density at radius 2 is 1.79 bits per heavy atom. The van der Waals surface area contributed by atoms with Crippen molar-refractivity contribution in [3.05, 3.63) is 35.9 Å². The molecule has 0 spiro atoms. The summed E-state index contributed by atoms with van der Waals surface area (Å²) in [4.78, 5) is 0. The lowest BCUT2D eigenvalue weighted by Gasteiger charge is -2.18. The maximum absolute atomic E-state index is 8.82. The molecule has 0 saturated carbocycles. The number of benzene rings is 1. The standard InChI is InChI=1S/C14H22O4S/c15-6-8-17-9-10-18-14(12-19-11-7-16)13-4-2-1-3-5-13/h1-5,14-16H,6-12H2. The Labute approximate surface area is 118 Å². The summed E-state index contributed by atoms with van der Waals surface area (Å²) >= 11 is 1.67. The van der Waals surface area contributed by atoms with Crippen molar-refractivity contribution >= 4 is 11.8 Å². The molecule has 0 aliphatic carbocycles. The van der Waals surface area contributed by atoms with E-state index in [1.807, 2.05) is 30.3 Å². The van der Waals surface area contributed by atoms with E-state index in [2.05, 4.69) is 0 Å². The summed E-state index contributed by atoms with van der Waals surface area (Å²) in [5, 5.41) is 17.4. The summed E-state index contributed by atoms with van der Waals surface area (Å²) in [5.74, 6) is 1.53. The van der Waals surface area contributed by atoms with E-state index in [4.69, 9.17) is 19.7 Å². The van der Waals surface area contributed by atoms with Crippen molar-refractivity contribution in [1.29, 1.82) is 0 Å². The van der Waals surface area contributed by atoms with Gasteiger partial charge in [0.1, 0.15) is 0 Å². The van der Waals surface area contributed by atoms with Crippen LogP contribution in [-0.4, -0.2) is 54.8 Å². The average Bonchev–Trinajstić information content (AvgIpc) is 2.46. The van der Waals surface area contributed by atoms with Gasteiger partial charge in [-0.05, 0) is 5.56 Å². The van der Waals surface area contributed by atoms with Gasteiger partial charge in [0.15, 0.2) is 0 Å². The van der Waals surface area contributed by atoms with E-state index < -0.39 is 0 Å². The third-order valence-corrected chi connectivity index (χ3v) is 3.47. The van der Waals surface area contributed by atoms with Crippen LogP contribution in [-0.2, 0) is 9.47 Å². The number of thioether (sulfide) groups is 1. The second-order valence-corrected chi connectivity index (χ2v) is 5.05. The SMILES string of the molecule is OCCOCCOC(CSCCO)c1ccccc1. The van der Waals surface area contributed by atoms with E-state index in [-0.39, 0.29) is 19.3 Å². The number of rotatable bonds is 11. The van der Waals surface area contributed by atoms with Gasteiger partial charge in [-0.2, -0.15) is 11.8 Å². The second kappa shape index (κ2) is 11.3. The molecule has 0 fully saturated rings. The smallest absolute Gasteiger partial charge is 0.0916 e. The molecule has 5 heteroatoms. The van der Waals surface area contributed by atoms with Crippen molar-refractivity contribution in [3.8, 4) is 0 Å². The molecule has 0 saturated heterocycles. The van der Waals surface area contributed by atoms with Crippen molar-refractivity contribution in [2.24, 2.45) is 0 Å². The van der Waals surface area contributed by atoms with Gasteiger partial charge in [-0.1, -0.05) is 30.3 Å². The Balaban J connectivity index is 2.36. The molecule has 1 atom stereocenters. The van der Waals surface area contributed by atoms with E-state index in [1.165, 1.54) is 0 Å². The van der Waals surface area contributed by atoms with Gasteiger partial charge in [-0.15, -0.1) is 0 Å². The molecule has 0 aliphatic heterocycles. The molecule has 1 aromatic rings. The Bertz CT molecular complexity index is 308. The van der Waals surface area contributed by atoms with Gasteiger partial charge in [0.2, 0.25) is 0 Å². The molecule has 0 amide bonds. The minimum absolute atomic E-state index is 0.00970. The van der Waals surface area contributed by atoms with Gasteiger partial charge in [-0.25, -0.2) is 0 Å². The molecule has 1 rings (SSSR count). The predicted octanol–water partition coefficient (Wildman–Crippen LogP) is 1.48. The second-order valence-electron chi connectivity index (χ2n) is 3.90. The molecule has 4 nitrogen and oxygen atoms in total. The van der Waals surface area contributed by atoms with Gasteiger partial charge in [0, 0.05) is 11.5 Å². The van der Waals surface area contributed by atoms with Crippen molar-refractivity contribution < 1.29 is 19.7 Å². The summed E-state index contributed by atoms with van der Waals surface area (Å²) in [6.07, 6.45) is 0.00970. The summed E-state index contributed by atoms with van der Waals surface area (Å²) in [6, 6.07) is 10.0. The molecule has 0 aromatic heterocycles. The van der Waals surface area contributed by atoms with Crippen LogP contribution in [0.15, 0.2) is 30.3 Å². The monoisotopic (exact) mass is 286 g/mol. The van der Waals surface area contributed by atoms with Crippen LogP contribution in [0.5, 0.6) is 0 Å². The molecule has 108 valence electrons. The van der Waals surface area contributed by atoms with Crippen LogP contribution < -0.4 is 0 Å². The molecule has 1 unspecified atom stereocenters. The maximum atomic E-state index is 8.82. The normalized spacial score (nSPS) is 12.5. The largest absolute Gasteiger partial charge is 0.396 e. The van der Waals surface area contributed by atoms with Crippen molar-refractivity contribution in [2.75, 3.05) is 44.5 Å². The van der Waals surface area contributed by atoms with Gasteiger partial charge >= 0.3 is 0 Å². The Kier molecular flexibility index (Phi) is 9.75. The first-order valence-corrected chi connectivity index (χ1v) is 7.57. The van der Waals surface area contributed by atoms with E-state index in [1.54, 1.807) is 11.8 Å². The first-order chi connectivity index (χ1) is 9.38. The van der Waals surface area contributed by atoms with Crippen molar-refractivity contribution in [1.82, 2.24) is 0 Å². The molecule has 0 bridgehead atoms. The highest BCUT2D eigenvalue weighted by molar-refractivity contribution is 7.99. The molecule has 0 radical (unpaired) electrons. The Morgan fingerprint density at radius 3 is 2.47 bits per heavy atom. The van der Waals surface area contributed by atoms with Crippen LogP contribution in [0.2, 0.25) is 0 Å². The first kappa shape index (κ1) is 16.5. The predicted molar refractivity (Wildman–Crippen MR) is 77.5 cm³/mol. The Morgan fingerprint density at radius 1 is 1.00 bits per heavy atom. The average molecular weight is 286 g/mol. The fourth-order valence-electron chi connectivity index (χ4n) is 1.58. The fourth-order valence-corrected chi connectivity index (χ4v) is 2.38. The van der Waals surface area contributed by atoms with E-state index in [0.29, 0.717) is 25.6 Å². The van der Waals surface area contributed by atoms with Crippen LogP contribution in [0.4, 0.5) is 0 Å². The number of aliphatic hydroxyl groups excluding tert-OH is 2. The van der Waals surface area contributed by atoms with Crippen LogP contribution in [0.3, 0.4) is 0 Å². The summed E-state index contributed by atoms with van der Waals surface area (Å²) < 4.78 is 11.0. The van der Waals surface area contributed by atoms with Gasteiger partial charge in [-0.3, -0.25) is 0 Å². The topological polar surface area (TPSA) is 58.9 Å². The first-order valence-electron chi connectivity index (χ1n) is 6.42. The van der Waals surface area contributed by atoms with Gasteiger partial charge in [0.05, 0.1) is 39.1 Å².